The fraction of sp³-hybridized carbons (Fsp3) is 0.444. The maximum atomic E-state index is 12.6. The highest BCUT2D eigenvalue weighted by Gasteiger charge is 2.27. The Kier molecular flexibility index (Phi) is 5.20. The standard InChI is InChI=1S/C18H21N3O5/c22-15(23)9-19-16(24)12-7-5-11(6-8-12)10-21-17(25)13-3-1-2-4-14(13)20-18(21)26/h1-4,11-12H,5-10H2,(H,19,24)(H,20,26)(H,22,23). The van der Waals surface area contributed by atoms with Gasteiger partial charge in [-0.25, -0.2) is 4.79 Å². The topological polar surface area (TPSA) is 121 Å². The number of amides is 1. The van der Waals surface area contributed by atoms with Crippen LogP contribution < -0.4 is 16.6 Å². The molecular weight excluding hydrogens is 338 g/mol. The lowest BCUT2D eigenvalue weighted by Gasteiger charge is -2.27. The Balaban J connectivity index is 1.66. The number of carbonyl (C=O) groups excluding carboxylic acids is 1. The number of aromatic nitrogens is 2. The third-order valence-electron chi connectivity index (χ3n) is 4.96. The van der Waals surface area contributed by atoms with Crippen LogP contribution in [-0.2, 0) is 16.1 Å². The highest BCUT2D eigenvalue weighted by Crippen LogP contribution is 2.29. The van der Waals surface area contributed by atoms with Gasteiger partial charge in [0.2, 0.25) is 5.91 Å². The molecule has 1 heterocycles. The summed E-state index contributed by atoms with van der Waals surface area (Å²) in [6.07, 6.45) is 2.67. The molecule has 0 unspecified atom stereocenters. The Morgan fingerprint density at radius 3 is 2.54 bits per heavy atom. The number of nitrogens with zero attached hydrogens (tertiary/aromatic N) is 1. The predicted octanol–water partition coefficient (Wildman–Crippen LogP) is 0.697. The summed E-state index contributed by atoms with van der Waals surface area (Å²) in [5.41, 5.74) is -0.196. The quantitative estimate of drug-likeness (QED) is 0.725. The zero-order chi connectivity index (χ0) is 18.7. The largest absolute Gasteiger partial charge is 0.480 e. The van der Waals surface area contributed by atoms with E-state index in [4.69, 9.17) is 5.11 Å². The Morgan fingerprint density at radius 2 is 1.85 bits per heavy atom. The molecule has 1 aromatic carbocycles. The number of hydrogen-bond acceptors (Lipinski definition) is 4. The van der Waals surface area contributed by atoms with Crippen molar-refractivity contribution in [2.24, 2.45) is 11.8 Å². The van der Waals surface area contributed by atoms with Crippen LogP contribution in [0.3, 0.4) is 0 Å². The fourth-order valence-electron chi connectivity index (χ4n) is 3.54. The molecule has 1 aromatic heterocycles. The normalized spacial score (nSPS) is 20.0. The Bertz CT molecular complexity index is 938. The van der Waals surface area contributed by atoms with Crippen LogP contribution in [0.2, 0.25) is 0 Å². The Hall–Kier alpha value is -2.90. The summed E-state index contributed by atoms with van der Waals surface area (Å²) in [6, 6.07) is 6.91. The molecule has 2 aromatic rings. The van der Waals surface area contributed by atoms with Crippen molar-refractivity contribution in [3.8, 4) is 0 Å². The summed E-state index contributed by atoms with van der Waals surface area (Å²) < 4.78 is 1.23. The van der Waals surface area contributed by atoms with Gasteiger partial charge < -0.3 is 15.4 Å². The van der Waals surface area contributed by atoms with Gasteiger partial charge in [-0.15, -0.1) is 0 Å². The number of hydrogen-bond donors (Lipinski definition) is 3. The van der Waals surface area contributed by atoms with Crippen LogP contribution in [0.25, 0.3) is 10.9 Å². The molecule has 0 radical (unpaired) electrons. The number of carboxylic acid groups (broad SMARTS) is 1. The molecule has 1 aliphatic rings. The summed E-state index contributed by atoms with van der Waals surface area (Å²) in [6.45, 7) is -0.0525. The van der Waals surface area contributed by atoms with Crippen molar-refractivity contribution in [3.63, 3.8) is 0 Å². The molecule has 1 saturated carbocycles. The minimum Gasteiger partial charge on any atom is -0.480 e. The molecule has 3 rings (SSSR count). The second-order valence-electron chi connectivity index (χ2n) is 6.72. The van der Waals surface area contributed by atoms with E-state index in [0.717, 1.165) is 0 Å². The van der Waals surface area contributed by atoms with E-state index in [1.807, 2.05) is 0 Å². The molecule has 8 nitrogen and oxygen atoms in total. The van der Waals surface area contributed by atoms with Crippen LogP contribution in [0.4, 0.5) is 0 Å². The summed E-state index contributed by atoms with van der Waals surface area (Å²) in [7, 11) is 0. The van der Waals surface area contributed by atoms with Crippen molar-refractivity contribution < 1.29 is 14.7 Å². The highest BCUT2D eigenvalue weighted by atomic mass is 16.4. The Morgan fingerprint density at radius 1 is 1.15 bits per heavy atom. The van der Waals surface area contributed by atoms with Crippen LogP contribution in [0.15, 0.2) is 33.9 Å². The fourth-order valence-corrected chi connectivity index (χ4v) is 3.54. The summed E-state index contributed by atoms with van der Waals surface area (Å²) in [5, 5.41) is 11.5. The number of para-hydroxylation sites is 1. The number of fused-ring (bicyclic) bond motifs is 1. The van der Waals surface area contributed by atoms with Crippen molar-refractivity contribution in [3.05, 3.63) is 45.1 Å². The van der Waals surface area contributed by atoms with Crippen LogP contribution >= 0.6 is 0 Å². The molecule has 0 aliphatic heterocycles. The molecule has 0 spiro atoms. The third-order valence-corrected chi connectivity index (χ3v) is 4.96. The van der Waals surface area contributed by atoms with Gasteiger partial charge in [0.15, 0.2) is 0 Å². The minimum atomic E-state index is -1.07. The second-order valence-corrected chi connectivity index (χ2v) is 6.72. The van der Waals surface area contributed by atoms with Gasteiger partial charge in [0, 0.05) is 12.5 Å². The molecular formula is C18H21N3O5. The van der Waals surface area contributed by atoms with Gasteiger partial charge in [-0.2, -0.15) is 0 Å². The summed E-state index contributed by atoms with van der Waals surface area (Å²) in [4.78, 5) is 50.0. The number of rotatable bonds is 5. The molecule has 1 fully saturated rings. The van der Waals surface area contributed by atoms with Gasteiger partial charge in [-0.3, -0.25) is 19.0 Å². The number of H-pyrrole nitrogens is 1. The van der Waals surface area contributed by atoms with E-state index in [1.54, 1.807) is 24.3 Å². The van der Waals surface area contributed by atoms with Crippen molar-refractivity contribution in [1.29, 1.82) is 0 Å². The minimum absolute atomic E-state index is 0.137. The molecule has 0 bridgehead atoms. The first kappa shape index (κ1) is 17.9. The molecule has 26 heavy (non-hydrogen) atoms. The first-order valence-electron chi connectivity index (χ1n) is 8.67. The van der Waals surface area contributed by atoms with Crippen molar-refractivity contribution in [1.82, 2.24) is 14.9 Å². The maximum Gasteiger partial charge on any atom is 0.328 e. The number of benzene rings is 1. The van der Waals surface area contributed by atoms with Crippen LogP contribution in [-0.4, -0.2) is 33.1 Å². The lowest BCUT2D eigenvalue weighted by atomic mass is 9.81. The molecule has 0 atom stereocenters. The van der Waals surface area contributed by atoms with Crippen LogP contribution in [0.5, 0.6) is 0 Å². The number of carboxylic acids is 1. The van der Waals surface area contributed by atoms with Gasteiger partial charge in [0.1, 0.15) is 6.54 Å². The lowest BCUT2D eigenvalue weighted by molar-refractivity contribution is -0.138. The molecule has 0 saturated heterocycles. The van der Waals surface area contributed by atoms with E-state index in [9.17, 15) is 19.2 Å². The predicted molar refractivity (Wildman–Crippen MR) is 94.9 cm³/mol. The van der Waals surface area contributed by atoms with E-state index in [1.165, 1.54) is 4.57 Å². The van der Waals surface area contributed by atoms with Crippen LogP contribution in [0, 0.1) is 11.8 Å². The van der Waals surface area contributed by atoms with Crippen molar-refractivity contribution >= 4 is 22.8 Å². The summed E-state index contributed by atoms with van der Waals surface area (Å²) in [5.74, 6) is -1.38. The van der Waals surface area contributed by atoms with Crippen molar-refractivity contribution in [2.75, 3.05) is 6.54 Å². The average Bonchev–Trinajstić information content (AvgIpc) is 2.63. The van der Waals surface area contributed by atoms with E-state index < -0.39 is 11.7 Å². The summed E-state index contributed by atoms with van der Waals surface area (Å²) >= 11 is 0. The number of carbonyl (C=O) groups is 2. The molecule has 138 valence electrons. The monoisotopic (exact) mass is 359 g/mol. The lowest BCUT2D eigenvalue weighted by Crippen LogP contribution is -2.39. The molecule has 1 amide bonds. The maximum absolute atomic E-state index is 12.6. The second kappa shape index (κ2) is 7.55. The zero-order valence-electron chi connectivity index (χ0n) is 14.2. The van der Waals surface area contributed by atoms with Gasteiger partial charge in [-0.05, 0) is 43.7 Å². The number of aliphatic carboxylic acids is 1. The molecule has 3 N–H and O–H groups in total. The average molecular weight is 359 g/mol. The van der Waals surface area contributed by atoms with Gasteiger partial charge in [0.25, 0.3) is 5.56 Å². The first-order chi connectivity index (χ1) is 12.5. The van der Waals surface area contributed by atoms with Crippen LogP contribution in [0.1, 0.15) is 25.7 Å². The van der Waals surface area contributed by atoms with E-state index in [-0.39, 0.29) is 29.8 Å². The van der Waals surface area contributed by atoms with E-state index >= 15 is 0 Å². The number of aromatic amines is 1. The van der Waals surface area contributed by atoms with Gasteiger partial charge >= 0.3 is 11.7 Å². The van der Waals surface area contributed by atoms with E-state index in [0.29, 0.717) is 43.1 Å². The van der Waals surface area contributed by atoms with Gasteiger partial charge in [0.05, 0.1) is 10.9 Å². The SMILES string of the molecule is O=C(O)CNC(=O)C1CCC(Cn2c(=O)[nH]c3ccccc3c2=O)CC1. The van der Waals surface area contributed by atoms with E-state index in [2.05, 4.69) is 10.3 Å². The van der Waals surface area contributed by atoms with Crippen molar-refractivity contribution in [2.45, 2.75) is 32.2 Å². The molecule has 1 aliphatic carbocycles. The molecule has 8 heteroatoms. The highest BCUT2D eigenvalue weighted by molar-refractivity contribution is 5.82. The zero-order valence-corrected chi connectivity index (χ0v) is 14.2. The Labute approximate surface area is 148 Å². The number of nitrogens with one attached hydrogen (secondary N) is 2. The third kappa shape index (κ3) is 3.84. The first-order valence-corrected chi connectivity index (χ1v) is 8.67. The smallest absolute Gasteiger partial charge is 0.328 e. The van der Waals surface area contributed by atoms with Gasteiger partial charge in [-0.1, -0.05) is 12.1 Å².